The molecule has 0 atom stereocenters. The molecular weight excluding hydrogens is 378 g/mol. The van der Waals surface area contributed by atoms with Crippen LogP contribution in [-0.4, -0.2) is 38.8 Å². The average molecular weight is 420 g/mol. The Kier molecular flexibility index (Phi) is 12.0. The van der Waals surface area contributed by atoms with Gasteiger partial charge in [0.25, 0.3) is 0 Å². The molecule has 31 heavy (non-hydrogen) atoms. The summed E-state index contributed by atoms with van der Waals surface area (Å²) in [5, 5.41) is 0. The average Bonchev–Trinajstić information content (AvgIpc) is 2.77. The zero-order chi connectivity index (χ0) is 22.3. The first-order valence-corrected chi connectivity index (χ1v) is 11.7. The van der Waals surface area contributed by atoms with E-state index in [1.54, 1.807) is 0 Å². The molecule has 0 unspecified atom stereocenters. The van der Waals surface area contributed by atoms with Crippen LogP contribution in [0.5, 0.6) is 0 Å². The van der Waals surface area contributed by atoms with Gasteiger partial charge in [0, 0.05) is 6.61 Å². The smallest absolute Gasteiger partial charge is 0.0649 e. The molecule has 0 aliphatic carbocycles. The molecular formula is C29H41NO. The van der Waals surface area contributed by atoms with E-state index in [1.807, 2.05) is 0 Å². The van der Waals surface area contributed by atoms with Crippen LogP contribution < -0.4 is 0 Å². The Morgan fingerprint density at radius 2 is 1.48 bits per heavy atom. The topological polar surface area (TPSA) is 12.5 Å². The zero-order valence-corrected chi connectivity index (χ0v) is 20.1. The predicted octanol–water partition coefficient (Wildman–Crippen LogP) is 7.32. The van der Waals surface area contributed by atoms with Crippen molar-refractivity contribution in [2.75, 3.05) is 33.9 Å². The maximum absolute atomic E-state index is 5.83. The van der Waals surface area contributed by atoms with E-state index in [9.17, 15) is 0 Å². The van der Waals surface area contributed by atoms with Crippen molar-refractivity contribution in [2.24, 2.45) is 0 Å². The molecule has 0 fully saturated rings. The summed E-state index contributed by atoms with van der Waals surface area (Å²) >= 11 is 0. The first-order valence-electron chi connectivity index (χ1n) is 11.7. The fourth-order valence-electron chi connectivity index (χ4n) is 3.58. The summed E-state index contributed by atoms with van der Waals surface area (Å²) in [6.07, 6.45) is 11.5. The second-order valence-electron chi connectivity index (χ2n) is 8.79. The molecule has 2 heteroatoms. The summed E-state index contributed by atoms with van der Waals surface area (Å²) < 4.78 is 5.83. The lowest BCUT2D eigenvalue weighted by Gasteiger charge is -2.09. The molecule has 0 saturated carbocycles. The third-order valence-corrected chi connectivity index (χ3v) is 5.57. The molecule has 0 saturated heterocycles. The Labute approximate surface area is 190 Å². The fourth-order valence-corrected chi connectivity index (χ4v) is 3.58. The maximum Gasteiger partial charge on any atom is 0.0649 e. The van der Waals surface area contributed by atoms with Gasteiger partial charge in [0.1, 0.15) is 0 Å². The third-order valence-electron chi connectivity index (χ3n) is 5.57. The number of ether oxygens (including phenoxy) is 1. The highest BCUT2D eigenvalue weighted by Gasteiger charge is 1.98. The number of hydrogen-bond donors (Lipinski definition) is 0. The Balaban J connectivity index is 1.56. The molecule has 0 amide bonds. The van der Waals surface area contributed by atoms with Gasteiger partial charge in [-0.3, -0.25) is 0 Å². The van der Waals surface area contributed by atoms with Gasteiger partial charge in [0.15, 0.2) is 0 Å². The van der Waals surface area contributed by atoms with Gasteiger partial charge in [0.2, 0.25) is 0 Å². The van der Waals surface area contributed by atoms with Crippen LogP contribution in [0.15, 0.2) is 77.9 Å². The van der Waals surface area contributed by atoms with E-state index in [2.05, 4.69) is 99.6 Å². The van der Waals surface area contributed by atoms with Gasteiger partial charge in [-0.25, -0.2) is 0 Å². The highest BCUT2D eigenvalue weighted by molar-refractivity contribution is 5.63. The van der Waals surface area contributed by atoms with Gasteiger partial charge in [-0.15, -0.1) is 0 Å². The van der Waals surface area contributed by atoms with Crippen molar-refractivity contribution in [3.63, 3.8) is 0 Å². The summed E-state index contributed by atoms with van der Waals surface area (Å²) in [5.74, 6) is 0. The molecule has 0 heterocycles. The second-order valence-corrected chi connectivity index (χ2v) is 8.79. The van der Waals surface area contributed by atoms with E-state index in [-0.39, 0.29) is 0 Å². The van der Waals surface area contributed by atoms with Crippen LogP contribution >= 0.6 is 0 Å². The molecule has 168 valence electrons. The highest BCUT2D eigenvalue weighted by Crippen LogP contribution is 2.19. The first kappa shape index (κ1) is 25.1. The molecule has 0 aromatic heterocycles. The first-order chi connectivity index (χ1) is 15.0. The Morgan fingerprint density at radius 1 is 0.806 bits per heavy atom. The van der Waals surface area contributed by atoms with Gasteiger partial charge in [-0.05, 0) is 89.7 Å². The second kappa shape index (κ2) is 14.8. The van der Waals surface area contributed by atoms with Gasteiger partial charge >= 0.3 is 0 Å². The van der Waals surface area contributed by atoms with Crippen LogP contribution in [0.2, 0.25) is 0 Å². The molecule has 2 aromatic carbocycles. The van der Waals surface area contributed by atoms with Crippen LogP contribution in [0.25, 0.3) is 11.1 Å². The quantitative estimate of drug-likeness (QED) is 0.235. The number of aryl methyl sites for hydroxylation is 1. The van der Waals surface area contributed by atoms with E-state index in [1.165, 1.54) is 47.2 Å². The van der Waals surface area contributed by atoms with Crippen LogP contribution in [0, 0.1) is 0 Å². The molecule has 2 nitrogen and oxygen atoms in total. The summed E-state index contributed by atoms with van der Waals surface area (Å²) in [7, 11) is 4.27. The standard InChI is InChI=1S/C29H41NO/c1-25(13-9-22-30(3)4)11-8-12-26(2)21-24-31-23-10-14-27-17-19-29(20-18-27)28-15-6-5-7-16-28/h5-7,11,15-21H,8-10,12-14,22-24H2,1-4H3/b25-11+,26-21+. The number of nitrogens with zero attached hydrogens (tertiary/aromatic N) is 1. The lowest BCUT2D eigenvalue weighted by molar-refractivity contribution is 0.159. The molecule has 0 N–H and O–H groups in total. The van der Waals surface area contributed by atoms with Crippen molar-refractivity contribution in [3.8, 4) is 11.1 Å². The summed E-state index contributed by atoms with van der Waals surface area (Å²) in [6.45, 7) is 7.18. The lowest BCUT2D eigenvalue weighted by Crippen LogP contribution is -2.12. The Bertz CT molecular complexity index is 787. The van der Waals surface area contributed by atoms with E-state index in [0.717, 1.165) is 38.9 Å². The summed E-state index contributed by atoms with van der Waals surface area (Å²) in [6, 6.07) is 19.5. The summed E-state index contributed by atoms with van der Waals surface area (Å²) in [5.41, 5.74) is 6.87. The normalized spacial score (nSPS) is 12.5. The fraction of sp³-hybridized carbons (Fsp3) is 0.448. The maximum atomic E-state index is 5.83. The zero-order valence-electron chi connectivity index (χ0n) is 20.1. The predicted molar refractivity (Wildman–Crippen MR) is 136 cm³/mol. The molecule has 0 aliphatic rings. The van der Waals surface area contributed by atoms with Gasteiger partial charge in [-0.2, -0.15) is 0 Å². The third kappa shape index (κ3) is 11.1. The van der Waals surface area contributed by atoms with E-state index in [0.29, 0.717) is 0 Å². The number of rotatable bonds is 14. The van der Waals surface area contributed by atoms with E-state index in [4.69, 9.17) is 4.74 Å². The molecule has 0 radical (unpaired) electrons. The Morgan fingerprint density at radius 3 is 2.19 bits per heavy atom. The van der Waals surface area contributed by atoms with Crippen molar-refractivity contribution in [3.05, 3.63) is 83.5 Å². The van der Waals surface area contributed by atoms with Crippen LogP contribution in [0.3, 0.4) is 0 Å². The SMILES string of the molecule is C/C(=C\COCCCc1ccc(-c2ccccc2)cc1)CC/C=C(\C)CCCN(C)C. The lowest BCUT2D eigenvalue weighted by atomic mass is 10.0. The van der Waals surface area contributed by atoms with Crippen LogP contribution in [0.1, 0.15) is 51.5 Å². The van der Waals surface area contributed by atoms with E-state index >= 15 is 0 Å². The van der Waals surface area contributed by atoms with Crippen LogP contribution in [0.4, 0.5) is 0 Å². The van der Waals surface area contributed by atoms with Gasteiger partial charge in [-0.1, -0.05) is 77.9 Å². The number of benzene rings is 2. The van der Waals surface area contributed by atoms with Gasteiger partial charge in [0.05, 0.1) is 6.61 Å². The molecule has 0 aliphatic heterocycles. The van der Waals surface area contributed by atoms with Crippen molar-refractivity contribution < 1.29 is 4.74 Å². The molecule has 0 bridgehead atoms. The minimum atomic E-state index is 0.726. The van der Waals surface area contributed by atoms with Crippen molar-refractivity contribution in [1.29, 1.82) is 0 Å². The minimum Gasteiger partial charge on any atom is -0.377 e. The molecule has 2 rings (SSSR count). The molecule has 2 aromatic rings. The summed E-state index contributed by atoms with van der Waals surface area (Å²) in [4.78, 5) is 2.25. The van der Waals surface area contributed by atoms with Crippen molar-refractivity contribution in [2.45, 2.75) is 52.4 Å². The van der Waals surface area contributed by atoms with Crippen molar-refractivity contribution in [1.82, 2.24) is 4.90 Å². The largest absolute Gasteiger partial charge is 0.377 e. The van der Waals surface area contributed by atoms with Crippen LogP contribution in [-0.2, 0) is 11.2 Å². The van der Waals surface area contributed by atoms with Gasteiger partial charge < -0.3 is 9.64 Å². The van der Waals surface area contributed by atoms with E-state index < -0.39 is 0 Å². The Hall–Kier alpha value is -2.16. The number of hydrogen-bond acceptors (Lipinski definition) is 2. The monoisotopic (exact) mass is 419 g/mol. The number of allylic oxidation sites excluding steroid dienone is 3. The molecule has 0 spiro atoms. The highest BCUT2D eigenvalue weighted by atomic mass is 16.5. The van der Waals surface area contributed by atoms with Crippen molar-refractivity contribution >= 4 is 0 Å². The minimum absolute atomic E-state index is 0.726.